The van der Waals surface area contributed by atoms with Crippen LogP contribution in [0.25, 0.3) is 0 Å². The van der Waals surface area contributed by atoms with Crippen LogP contribution in [0.3, 0.4) is 0 Å². The zero-order chi connectivity index (χ0) is 10.9. The summed E-state index contributed by atoms with van der Waals surface area (Å²) in [6, 6.07) is 0. The number of aromatic nitrogens is 2. The van der Waals surface area contributed by atoms with Gasteiger partial charge in [-0.3, -0.25) is 4.79 Å². The Morgan fingerprint density at radius 2 is 2.40 bits per heavy atom. The Morgan fingerprint density at radius 3 is 3.07 bits per heavy atom. The minimum absolute atomic E-state index is 0.106. The predicted octanol–water partition coefficient (Wildman–Crippen LogP) is 0.416. The van der Waals surface area contributed by atoms with Crippen LogP contribution in [0.15, 0.2) is 12.5 Å². The fourth-order valence-electron chi connectivity index (χ4n) is 1.16. The number of rotatable bonds is 7. The molecule has 5 nitrogen and oxygen atoms in total. The second-order valence-electron chi connectivity index (χ2n) is 3.35. The van der Waals surface area contributed by atoms with Crippen LogP contribution in [-0.4, -0.2) is 29.0 Å². The molecule has 0 unspecified atom stereocenters. The number of nitrogens with zero attached hydrogens (tertiary/aromatic N) is 1. The lowest BCUT2D eigenvalue weighted by Crippen LogP contribution is -2.28. The average Bonchev–Trinajstić information content (AvgIpc) is 2.74. The van der Waals surface area contributed by atoms with Crippen LogP contribution < -0.4 is 10.6 Å². The highest BCUT2D eigenvalue weighted by molar-refractivity contribution is 5.75. The van der Waals surface area contributed by atoms with Gasteiger partial charge in [-0.05, 0) is 6.42 Å². The number of amides is 1. The average molecular weight is 210 g/mol. The van der Waals surface area contributed by atoms with Gasteiger partial charge in [0.1, 0.15) is 0 Å². The SMILES string of the molecule is CCCNC(=O)CCNCc1cnc[nH]1. The van der Waals surface area contributed by atoms with Crippen LogP contribution >= 0.6 is 0 Å². The van der Waals surface area contributed by atoms with Gasteiger partial charge in [0.15, 0.2) is 0 Å². The van der Waals surface area contributed by atoms with E-state index >= 15 is 0 Å². The van der Waals surface area contributed by atoms with E-state index < -0.39 is 0 Å². The van der Waals surface area contributed by atoms with Gasteiger partial charge >= 0.3 is 0 Å². The Hall–Kier alpha value is -1.36. The number of carbonyl (C=O) groups excluding carboxylic acids is 1. The molecule has 0 fully saturated rings. The summed E-state index contributed by atoms with van der Waals surface area (Å²) >= 11 is 0. The molecule has 0 aliphatic carbocycles. The van der Waals surface area contributed by atoms with Gasteiger partial charge in [0, 0.05) is 37.9 Å². The molecule has 1 heterocycles. The van der Waals surface area contributed by atoms with E-state index in [0.29, 0.717) is 13.0 Å². The van der Waals surface area contributed by atoms with Crippen molar-refractivity contribution in [3.8, 4) is 0 Å². The Bertz CT molecular complexity index is 271. The molecule has 1 amide bonds. The molecule has 0 spiro atoms. The van der Waals surface area contributed by atoms with Crippen LogP contribution in [0.4, 0.5) is 0 Å². The van der Waals surface area contributed by atoms with E-state index in [1.165, 1.54) is 0 Å². The first kappa shape index (κ1) is 11.7. The number of carbonyl (C=O) groups is 1. The van der Waals surface area contributed by atoms with E-state index in [-0.39, 0.29) is 5.91 Å². The molecule has 0 aromatic carbocycles. The summed E-state index contributed by atoms with van der Waals surface area (Å²) < 4.78 is 0. The first-order valence-electron chi connectivity index (χ1n) is 5.27. The van der Waals surface area contributed by atoms with Crippen LogP contribution in [0.5, 0.6) is 0 Å². The summed E-state index contributed by atoms with van der Waals surface area (Å²) in [5, 5.41) is 5.99. The summed E-state index contributed by atoms with van der Waals surface area (Å²) in [6.07, 6.45) is 4.91. The first-order chi connectivity index (χ1) is 7.33. The maximum atomic E-state index is 11.2. The Balaban J connectivity index is 1.99. The van der Waals surface area contributed by atoms with E-state index in [0.717, 1.165) is 25.2 Å². The molecule has 0 bridgehead atoms. The third-order valence-corrected chi connectivity index (χ3v) is 1.97. The van der Waals surface area contributed by atoms with Crippen molar-refractivity contribution in [1.82, 2.24) is 20.6 Å². The first-order valence-corrected chi connectivity index (χ1v) is 5.27. The molecule has 1 aromatic heterocycles. The summed E-state index contributed by atoms with van der Waals surface area (Å²) in [5.41, 5.74) is 1.03. The number of nitrogens with one attached hydrogen (secondary N) is 3. The minimum atomic E-state index is 0.106. The molecule has 1 rings (SSSR count). The maximum Gasteiger partial charge on any atom is 0.221 e. The third-order valence-electron chi connectivity index (χ3n) is 1.97. The number of hydrogen-bond acceptors (Lipinski definition) is 3. The Morgan fingerprint density at radius 1 is 1.53 bits per heavy atom. The van der Waals surface area contributed by atoms with Crippen molar-refractivity contribution >= 4 is 5.91 Å². The van der Waals surface area contributed by atoms with Crippen LogP contribution in [-0.2, 0) is 11.3 Å². The molecule has 0 aliphatic rings. The zero-order valence-corrected chi connectivity index (χ0v) is 9.05. The smallest absolute Gasteiger partial charge is 0.221 e. The fourth-order valence-corrected chi connectivity index (χ4v) is 1.16. The van der Waals surface area contributed by atoms with Gasteiger partial charge in [0.25, 0.3) is 0 Å². The lowest BCUT2D eigenvalue weighted by atomic mass is 10.3. The van der Waals surface area contributed by atoms with E-state index in [4.69, 9.17) is 0 Å². The molecule has 84 valence electrons. The monoisotopic (exact) mass is 210 g/mol. The van der Waals surface area contributed by atoms with Crippen LogP contribution in [0.1, 0.15) is 25.5 Å². The molecule has 0 saturated heterocycles. The normalized spacial score (nSPS) is 10.2. The molecule has 15 heavy (non-hydrogen) atoms. The lowest BCUT2D eigenvalue weighted by Gasteiger charge is -2.04. The number of aromatic amines is 1. The van der Waals surface area contributed by atoms with Gasteiger partial charge in [-0.25, -0.2) is 4.98 Å². The third kappa shape index (κ3) is 5.17. The highest BCUT2D eigenvalue weighted by Gasteiger charge is 1.99. The van der Waals surface area contributed by atoms with Crippen molar-refractivity contribution in [2.75, 3.05) is 13.1 Å². The highest BCUT2D eigenvalue weighted by atomic mass is 16.1. The fraction of sp³-hybridized carbons (Fsp3) is 0.600. The Labute approximate surface area is 89.7 Å². The quantitative estimate of drug-likeness (QED) is 0.571. The molecule has 0 radical (unpaired) electrons. The summed E-state index contributed by atoms with van der Waals surface area (Å²) in [7, 11) is 0. The second-order valence-corrected chi connectivity index (χ2v) is 3.35. The number of imidazole rings is 1. The highest BCUT2D eigenvalue weighted by Crippen LogP contribution is 1.89. The molecule has 0 saturated carbocycles. The van der Waals surface area contributed by atoms with Crippen LogP contribution in [0.2, 0.25) is 0 Å². The molecule has 5 heteroatoms. The van der Waals surface area contributed by atoms with Crippen molar-refractivity contribution in [1.29, 1.82) is 0 Å². The van der Waals surface area contributed by atoms with Gasteiger partial charge in [0.2, 0.25) is 5.91 Å². The van der Waals surface area contributed by atoms with E-state index in [1.807, 2.05) is 6.92 Å². The number of hydrogen-bond donors (Lipinski definition) is 3. The summed E-state index contributed by atoms with van der Waals surface area (Å²) in [4.78, 5) is 18.1. The molecule has 3 N–H and O–H groups in total. The van der Waals surface area contributed by atoms with E-state index in [9.17, 15) is 4.79 Å². The van der Waals surface area contributed by atoms with Crippen molar-refractivity contribution in [2.24, 2.45) is 0 Å². The summed E-state index contributed by atoms with van der Waals surface area (Å²) in [6.45, 7) is 4.21. The van der Waals surface area contributed by atoms with Gasteiger partial charge in [-0.15, -0.1) is 0 Å². The van der Waals surface area contributed by atoms with E-state index in [2.05, 4.69) is 20.6 Å². The Kier molecular flexibility index (Phi) is 5.47. The molecular formula is C10H18N4O. The molecule has 0 atom stereocenters. The van der Waals surface area contributed by atoms with Gasteiger partial charge < -0.3 is 15.6 Å². The lowest BCUT2D eigenvalue weighted by molar-refractivity contribution is -0.120. The largest absolute Gasteiger partial charge is 0.356 e. The van der Waals surface area contributed by atoms with Crippen molar-refractivity contribution in [3.05, 3.63) is 18.2 Å². The van der Waals surface area contributed by atoms with Gasteiger partial charge in [0.05, 0.1) is 6.33 Å². The number of H-pyrrole nitrogens is 1. The second kappa shape index (κ2) is 7.00. The van der Waals surface area contributed by atoms with Crippen molar-refractivity contribution in [2.45, 2.75) is 26.3 Å². The van der Waals surface area contributed by atoms with Crippen LogP contribution in [0, 0.1) is 0 Å². The molecular weight excluding hydrogens is 192 g/mol. The molecule has 0 aliphatic heterocycles. The molecule has 1 aromatic rings. The maximum absolute atomic E-state index is 11.2. The van der Waals surface area contributed by atoms with Gasteiger partial charge in [-0.2, -0.15) is 0 Å². The topological polar surface area (TPSA) is 69.8 Å². The van der Waals surface area contributed by atoms with Gasteiger partial charge in [-0.1, -0.05) is 6.92 Å². The minimum Gasteiger partial charge on any atom is -0.356 e. The predicted molar refractivity (Wildman–Crippen MR) is 58.2 cm³/mol. The van der Waals surface area contributed by atoms with Crippen molar-refractivity contribution < 1.29 is 4.79 Å². The summed E-state index contributed by atoms with van der Waals surface area (Å²) in [5.74, 6) is 0.106. The van der Waals surface area contributed by atoms with E-state index in [1.54, 1.807) is 12.5 Å². The van der Waals surface area contributed by atoms with Crippen molar-refractivity contribution in [3.63, 3.8) is 0 Å². The zero-order valence-electron chi connectivity index (χ0n) is 9.05. The standard InChI is InChI=1S/C10H18N4O/c1-2-4-13-10(15)3-5-11-6-9-7-12-8-14-9/h7-8,11H,2-6H2,1H3,(H,12,14)(H,13,15).